The maximum atomic E-state index is 12.8. The third kappa shape index (κ3) is 3.99. The van der Waals surface area contributed by atoms with Gasteiger partial charge in [0.1, 0.15) is 0 Å². The first-order valence-corrected chi connectivity index (χ1v) is 12.1. The Morgan fingerprint density at radius 3 is 2.59 bits per heavy atom. The lowest BCUT2D eigenvalue weighted by Crippen LogP contribution is -2.41. The normalized spacial score (nSPS) is 21.5. The van der Waals surface area contributed by atoms with Crippen molar-refractivity contribution in [1.82, 2.24) is 14.8 Å². The predicted octanol–water partition coefficient (Wildman–Crippen LogP) is 4.42. The number of thiazole rings is 1. The molecule has 1 aromatic heterocycles. The SMILES string of the molecule is Cc1cccc(C(=O)N2CCC(c3nc4c(s3)CCN(C3CCC3)CC4)CC2)c1. The number of likely N-dealkylation sites (tertiary alicyclic amines) is 1. The molecule has 1 aliphatic carbocycles. The molecule has 0 spiro atoms. The number of fused-ring (bicyclic) bond motifs is 1. The molecule has 0 N–H and O–H groups in total. The van der Waals surface area contributed by atoms with Gasteiger partial charge in [0.05, 0.1) is 10.7 Å². The molecule has 1 saturated heterocycles. The molecule has 154 valence electrons. The number of amides is 1. The largest absolute Gasteiger partial charge is 0.339 e. The lowest BCUT2D eigenvalue weighted by molar-refractivity contribution is 0.0713. The standard InChI is InChI=1S/C24H31N3OS/c1-17-4-2-5-19(16-17)24(28)27-12-8-18(9-13-27)23-25-21-10-14-26(20-6-3-7-20)15-11-22(21)29-23/h2,4-5,16,18,20H,3,6-15H2,1H3. The van der Waals surface area contributed by atoms with E-state index in [1.54, 1.807) is 0 Å². The van der Waals surface area contributed by atoms with E-state index in [1.807, 2.05) is 47.4 Å². The smallest absolute Gasteiger partial charge is 0.253 e. The van der Waals surface area contributed by atoms with Crippen LogP contribution in [-0.4, -0.2) is 52.9 Å². The summed E-state index contributed by atoms with van der Waals surface area (Å²) in [6.45, 7) is 6.13. The Hall–Kier alpha value is -1.72. The van der Waals surface area contributed by atoms with Gasteiger partial charge in [0, 0.05) is 55.0 Å². The molecule has 5 rings (SSSR count). The van der Waals surface area contributed by atoms with E-state index in [2.05, 4.69) is 4.90 Å². The minimum absolute atomic E-state index is 0.179. The third-order valence-electron chi connectivity index (χ3n) is 7.04. The molecule has 2 fully saturated rings. The van der Waals surface area contributed by atoms with Crippen LogP contribution in [0.25, 0.3) is 0 Å². The van der Waals surface area contributed by atoms with E-state index in [-0.39, 0.29) is 5.91 Å². The molecule has 0 atom stereocenters. The van der Waals surface area contributed by atoms with Gasteiger partial charge < -0.3 is 4.90 Å². The van der Waals surface area contributed by atoms with Crippen molar-refractivity contribution in [1.29, 1.82) is 0 Å². The van der Waals surface area contributed by atoms with Crippen molar-refractivity contribution in [3.63, 3.8) is 0 Å². The summed E-state index contributed by atoms with van der Waals surface area (Å²) in [5.74, 6) is 0.703. The van der Waals surface area contributed by atoms with E-state index in [1.165, 1.54) is 54.4 Å². The second-order valence-corrected chi connectivity index (χ2v) is 10.1. The number of hydrogen-bond donors (Lipinski definition) is 0. The highest BCUT2D eigenvalue weighted by atomic mass is 32.1. The van der Waals surface area contributed by atoms with Crippen LogP contribution < -0.4 is 0 Å². The molecule has 29 heavy (non-hydrogen) atoms. The Labute approximate surface area is 177 Å². The van der Waals surface area contributed by atoms with Crippen LogP contribution in [0.4, 0.5) is 0 Å². The first-order valence-electron chi connectivity index (χ1n) is 11.3. The van der Waals surface area contributed by atoms with Gasteiger partial charge in [0.25, 0.3) is 5.91 Å². The highest BCUT2D eigenvalue weighted by molar-refractivity contribution is 7.11. The van der Waals surface area contributed by atoms with Crippen molar-refractivity contribution in [2.45, 2.75) is 63.8 Å². The summed E-state index contributed by atoms with van der Waals surface area (Å²) in [5.41, 5.74) is 3.33. The topological polar surface area (TPSA) is 36.4 Å². The van der Waals surface area contributed by atoms with Crippen molar-refractivity contribution in [2.24, 2.45) is 0 Å². The summed E-state index contributed by atoms with van der Waals surface area (Å²) in [6.07, 6.45) is 8.58. The second-order valence-electron chi connectivity index (χ2n) is 8.98. The molecule has 3 heterocycles. The molecule has 2 aliphatic heterocycles. The van der Waals surface area contributed by atoms with Crippen LogP contribution in [0, 0.1) is 6.92 Å². The molecular weight excluding hydrogens is 378 g/mol. The zero-order valence-corrected chi connectivity index (χ0v) is 18.2. The Balaban J connectivity index is 1.19. The maximum absolute atomic E-state index is 12.8. The average molecular weight is 410 g/mol. The molecular formula is C24H31N3OS. The van der Waals surface area contributed by atoms with Gasteiger partial charge in [-0.2, -0.15) is 0 Å². The van der Waals surface area contributed by atoms with Gasteiger partial charge in [-0.05, 0) is 51.2 Å². The van der Waals surface area contributed by atoms with E-state index in [0.29, 0.717) is 5.92 Å². The van der Waals surface area contributed by atoms with Gasteiger partial charge >= 0.3 is 0 Å². The van der Waals surface area contributed by atoms with Crippen LogP contribution in [0.15, 0.2) is 24.3 Å². The molecule has 5 heteroatoms. The molecule has 1 saturated carbocycles. The molecule has 3 aliphatic rings. The molecule has 0 bridgehead atoms. The van der Waals surface area contributed by atoms with Crippen LogP contribution in [0.3, 0.4) is 0 Å². The van der Waals surface area contributed by atoms with Crippen LogP contribution in [0.5, 0.6) is 0 Å². The van der Waals surface area contributed by atoms with Gasteiger partial charge in [0.2, 0.25) is 0 Å². The first-order chi connectivity index (χ1) is 14.2. The van der Waals surface area contributed by atoms with Gasteiger partial charge in [-0.3, -0.25) is 9.69 Å². The number of nitrogens with zero attached hydrogens (tertiary/aromatic N) is 3. The van der Waals surface area contributed by atoms with E-state index in [4.69, 9.17) is 4.98 Å². The second kappa shape index (κ2) is 8.19. The molecule has 0 unspecified atom stereocenters. The van der Waals surface area contributed by atoms with E-state index < -0.39 is 0 Å². The molecule has 1 amide bonds. The van der Waals surface area contributed by atoms with E-state index in [9.17, 15) is 4.79 Å². The monoisotopic (exact) mass is 409 g/mol. The lowest BCUT2D eigenvalue weighted by atomic mass is 9.91. The highest BCUT2D eigenvalue weighted by Gasteiger charge is 2.30. The maximum Gasteiger partial charge on any atom is 0.253 e. The van der Waals surface area contributed by atoms with E-state index >= 15 is 0 Å². The fraction of sp³-hybridized carbons (Fsp3) is 0.583. The molecule has 2 aromatic rings. The average Bonchev–Trinajstić information content (AvgIpc) is 3.02. The number of piperidine rings is 1. The van der Waals surface area contributed by atoms with Crippen molar-refractivity contribution in [2.75, 3.05) is 26.2 Å². The quantitative estimate of drug-likeness (QED) is 0.753. The number of hydrogen-bond acceptors (Lipinski definition) is 4. The fourth-order valence-electron chi connectivity index (χ4n) is 4.98. The number of aromatic nitrogens is 1. The number of rotatable bonds is 3. The summed E-state index contributed by atoms with van der Waals surface area (Å²) in [7, 11) is 0. The molecule has 0 radical (unpaired) electrons. The van der Waals surface area contributed by atoms with Gasteiger partial charge in [-0.15, -0.1) is 11.3 Å². The number of carbonyl (C=O) groups is 1. The van der Waals surface area contributed by atoms with Crippen molar-refractivity contribution < 1.29 is 4.79 Å². The van der Waals surface area contributed by atoms with Crippen molar-refractivity contribution in [3.8, 4) is 0 Å². The summed E-state index contributed by atoms with van der Waals surface area (Å²) >= 11 is 1.96. The van der Waals surface area contributed by atoms with Gasteiger partial charge in [-0.25, -0.2) is 4.98 Å². The minimum atomic E-state index is 0.179. The summed E-state index contributed by atoms with van der Waals surface area (Å²) in [6, 6.07) is 8.80. The summed E-state index contributed by atoms with van der Waals surface area (Å²) in [5, 5.41) is 1.33. The number of benzene rings is 1. The first kappa shape index (κ1) is 19.3. The van der Waals surface area contributed by atoms with E-state index in [0.717, 1.165) is 49.5 Å². The van der Waals surface area contributed by atoms with Crippen LogP contribution in [0.2, 0.25) is 0 Å². The van der Waals surface area contributed by atoms with Crippen LogP contribution in [0.1, 0.15) is 69.5 Å². The zero-order valence-electron chi connectivity index (χ0n) is 17.4. The fourth-order valence-corrected chi connectivity index (χ4v) is 6.25. The summed E-state index contributed by atoms with van der Waals surface area (Å²) < 4.78 is 0. The Kier molecular flexibility index (Phi) is 5.44. The predicted molar refractivity (Wildman–Crippen MR) is 118 cm³/mol. The van der Waals surface area contributed by atoms with Gasteiger partial charge in [0.15, 0.2) is 0 Å². The third-order valence-corrected chi connectivity index (χ3v) is 8.36. The number of aryl methyl sites for hydroxylation is 1. The highest BCUT2D eigenvalue weighted by Crippen LogP contribution is 2.35. The lowest BCUT2D eigenvalue weighted by Gasteiger charge is -2.36. The van der Waals surface area contributed by atoms with Crippen LogP contribution >= 0.6 is 11.3 Å². The van der Waals surface area contributed by atoms with Crippen molar-refractivity contribution in [3.05, 3.63) is 51.0 Å². The Bertz CT molecular complexity index is 855. The number of carbonyl (C=O) groups excluding carboxylic acids is 1. The molecule has 1 aromatic carbocycles. The van der Waals surface area contributed by atoms with Gasteiger partial charge in [-0.1, -0.05) is 24.1 Å². The molecule has 4 nitrogen and oxygen atoms in total. The van der Waals surface area contributed by atoms with Crippen molar-refractivity contribution >= 4 is 17.2 Å². The zero-order chi connectivity index (χ0) is 19.8. The van der Waals surface area contributed by atoms with Crippen LogP contribution in [-0.2, 0) is 12.8 Å². The summed E-state index contributed by atoms with van der Waals surface area (Å²) in [4.78, 5) is 24.2. The minimum Gasteiger partial charge on any atom is -0.339 e. The Morgan fingerprint density at radius 1 is 1.07 bits per heavy atom. The Morgan fingerprint density at radius 2 is 1.86 bits per heavy atom.